The van der Waals surface area contributed by atoms with Gasteiger partial charge in [-0.1, -0.05) is 36.4 Å². The summed E-state index contributed by atoms with van der Waals surface area (Å²) >= 11 is 0. The van der Waals surface area contributed by atoms with Crippen LogP contribution in [0.5, 0.6) is 5.75 Å². The number of anilines is 1. The monoisotopic (exact) mass is 480 g/mol. The number of methoxy groups -OCH3 is 2. The van der Waals surface area contributed by atoms with E-state index in [2.05, 4.69) is 0 Å². The zero-order valence-corrected chi connectivity index (χ0v) is 19.6. The molecule has 0 N–H and O–H groups in total. The highest BCUT2D eigenvalue weighted by molar-refractivity contribution is 7.89. The standard InChI is InChI=1S/C25H24N2O6S/c1-32-20-12-14-21(15-13-20)34(30,31)27-16-19-10-6-7-11-22(19)26(17-23(27)25(29)33-2)24(28)18-8-4-3-5-9-18/h3-15,23H,16-17H2,1-2H3. The van der Waals surface area contributed by atoms with Crippen LogP contribution in [0.2, 0.25) is 0 Å². The first-order valence-corrected chi connectivity index (χ1v) is 12.0. The Morgan fingerprint density at radius 3 is 2.18 bits per heavy atom. The normalized spacial score (nSPS) is 16.3. The van der Waals surface area contributed by atoms with Crippen LogP contribution in [-0.2, 0) is 26.1 Å². The first-order chi connectivity index (χ1) is 16.4. The topological polar surface area (TPSA) is 93.2 Å². The zero-order valence-electron chi connectivity index (χ0n) is 18.7. The summed E-state index contributed by atoms with van der Waals surface area (Å²) in [4.78, 5) is 27.8. The lowest BCUT2D eigenvalue weighted by molar-refractivity contribution is -0.144. The van der Waals surface area contributed by atoms with Crippen molar-refractivity contribution in [2.45, 2.75) is 17.5 Å². The van der Waals surface area contributed by atoms with Gasteiger partial charge in [0.15, 0.2) is 0 Å². The number of carbonyl (C=O) groups excluding carboxylic acids is 2. The first-order valence-electron chi connectivity index (χ1n) is 10.6. The SMILES string of the molecule is COC(=O)C1CN(C(=O)c2ccccc2)c2ccccc2CN1S(=O)(=O)c1ccc(OC)cc1. The number of hydrogen-bond donors (Lipinski definition) is 0. The van der Waals surface area contributed by atoms with Crippen molar-refractivity contribution in [3.8, 4) is 5.75 Å². The second-order valence-electron chi connectivity index (χ2n) is 7.68. The lowest BCUT2D eigenvalue weighted by Gasteiger charge is -2.29. The van der Waals surface area contributed by atoms with Crippen LogP contribution >= 0.6 is 0 Å². The van der Waals surface area contributed by atoms with Crippen LogP contribution in [0.4, 0.5) is 5.69 Å². The number of sulfonamides is 1. The Kier molecular flexibility index (Phi) is 6.67. The Hall–Kier alpha value is -3.69. The minimum atomic E-state index is -4.13. The second kappa shape index (κ2) is 9.66. The van der Waals surface area contributed by atoms with Crippen molar-refractivity contribution in [3.63, 3.8) is 0 Å². The number of fused-ring (bicyclic) bond motifs is 1. The molecule has 0 bridgehead atoms. The zero-order chi connectivity index (χ0) is 24.3. The molecule has 1 unspecified atom stereocenters. The third kappa shape index (κ3) is 4.40. The van der Waals surface area contributed by atoms with Crippen molar-refractivity contribution in [3.05, 3.63) is 90.0 Å². The van der Waals surface area contributed by atoms with Crippen LogP contribution in [0.3, 0.4) is 0 Å². The number of ether oxygens (including phenoxy) is 2. The number of nitrogens with zero attached hydrogens (tertiary/aromatic N) is 2. The maximum Gasteiger partial charge on any atom is 0.326 e. The van der Waals surface area contributed by atoms with Gasteiger partial charge in [-0.05, 0) is 48.0 Å². The van der Waals surface area contributed by atoms with Crippen molar-refractivity contribution in [1.29, 1.82) is 0 Å². The Balaban J connectivity index is 1.83. The van der Waals surface area contributed by atoms with Gasteiger partial charge in [-0.25, -0.2) is 8.42 Å². The molecule has 1 aliphatic heterocycles. The minimum absolute atomic E-state index is 0.00233. The van der Waals surface area contributed by atoms with Gasteiger partial charge in [0.25, 0.3) is 5.91 Å². The van der Waals surface area contributed by atoms with E-state index in [0.717, 1.165) is 4.31 Å². The molecule has 8 nitrogen and oxygen atoms in total. The van der Waals surface area contributed by atoms with Crippen LogP contribution < -0.4 is 9.64 Å². The summed E-state index contributed by atoms with van der Waals surface area (Å²) < 4.78 is 38.6. The fourth-order valence-electron chi connectivity index (χ4n) is 3.94. The second-order valence-corrected chi connectivity index (χ2v) is 9.57. The lowest BCUT2D eigenvalue weighted by atomic mass is 10.1. The van der Waals surface area contributed by atoms with Crippen LogP contribution in [0, 0.1) is 0 Å². The fourth-order valence-corrected chi connectivity index (χ4v) is 5.49. The van der Waals surface area contributed by atoms with Gasteiger partial charge < -0.3 is 14.4 Å². The summed E-state index contributed by atoms with van der Waals surface area (Å²) in [7, 11) is -1.45. The molecule has 0 aromatic heterocycles. The molecular weight excluding hydrogens is 456 g/mol. The van der Waals surface area contributed by atoms with Gasteiger partial charge in [-0.15, -0.1) is 0 Å². The van der Waals surface area contributed by atoms with Gasteiger partial charge in [0.05, 0.1) is 25.7 Å². The number of esters is 1. The number of carbonyl (C=O) groups is 2. The summed E-state index contributed by atoms with van der Waals surface area (Å²) in [5.41, 5.74) is 1.56. The van der Waals surface area contributed by atoms with Crippen LogP contribution in [0.15, 0.2) is 83.8 Å². The summed E-state index contributed by atoms with van der Waals surface area (Å²) in [6.07, 6.45) is 0. The molecule has 1 aliphatic rings. The fraction of sp³-hybridized carbons (Fsp3) is 0.200. The predicted molar refractivity (Wildman–Crippen MR) is 126 cm³/mol. The summed E-state index contributed by atoms with van der Waals surface area (Å²) in [5, 5.41) is 0. The Morgan fingerprint density at radius 2 is 1.53 bits per heavy atom. The van der Waals surface area contributed by atoms with Crippen LogP contribution in [0.1, 0.15) is 15.9 Å². The number of para-hydroxylation sites is 1. The number of rotatable bonds is 5. The molecule has 1 heterocycles. The van der Waals surface area contributed by atoms with E-state index in [1.54, 1.807) is 54.6 Å². The third-order valence-electron chi connectivity index (χ3n) is 5.72. The minimum Gasteiger partial charge on any atom is -0.497 e. The Bertz CT molecular complexity index is 1290. The largest absolute Gasteiger partial charge is 0.497 e. The van der Waals surface area contributed by atoms with E-state index in [1.165, 1.54) is 43.4 Å². The molecule has 34 heavy (non-hydrogen) atoms. The summed E-state index contributed by atoms with van der Waals surface area (Å²) in [6.45, 7) is -0.310. The van der Waals surface area contributed by atoms with Gasteiger partial charge in [-0.3, -0.25) is 9.59 Å². The highest BCUT2D eigenvalue weighted by Gasteiger charge is 2.42. The molecule has 9 heteroatoms. The van der Waals surface area contributed by atoms with E-state index in [4.69, 9.17) is 9.47 Å². The molecule has 176 valence electrons. The van der Waals surface area contributed by atoms with E-state index in [-0.39, 0.29) is 23.9 Å². The Labute approximate surface area is 198 Å². The Morgan fingerprint density at radius 1 is 0.882 bits per heavy atom. The van der Waals surface area contributed by atoms with Crippen molar-refractivity contribution >= 4 is 27.6 Å². The van der Waals surface area contributed by atoms with E-state index in [9.17, 15) is 18.0 Å². The molecule has 0 fully saturated rings. The summed E-state index contributed by atoms with van der Waals surface area (Å²) in [5.74, 6) is -0.592. The molecular formula is C25H24N2O6S. The van der Waals surface area contributed by atoms with E-state index >= 15 is 0 Å². The molecule has 0 spiro atoms. The third-order valence-corrected chi connectivity index (χ3v) is 7.59. The maximum atomic E-state index is 13.7. The highest BCUT2D eigenvalue weighted by atomic mass is 32.2. The van der Waals surface area contributed by atoms with Gasteiger partial charge in [0.1, 0.15) is 11.8 Å². The van der Waals surface area contributed by atoms with Gasteiger partial charge in [-0.2, -0.15) is 4.31 Å². The molecule has 1 atom stereocenters. The average molecular weight is 481 g/mol. The quantitative estimate of drug-likeness (QED) is 0.521. The molecule has 3 aromatic carbocycles. The van der Waals surface area contributed by atoms with Gasteiger partial charge in [0, 0.05) is 17.8 Å². The molecule has 0 aliphatic carbocycles. The molecule has 4 rings (SSSR count). The first kappa shape index (κ1) is 23.5. The molecule has 0 saturated heterocycles. The lowest BCUT2D eigenvalue weighted by Crippen LogP contribution is -2.50. The maximum absolute atomic E-state index is 13.7. The van der Waals surface area contributed by atoms with Crippen molar-refractivity contribution in [2.24, 2.45) is 0 Å². The molecule has 3 aromatic rings. The van der Waals surface area contributed by atoms with E-state index in [0.29, 0.717) is 22.6 Å². The molecule has 0 radical (unpaired) electrons. The van der Waals surface area contributed by atoms with Crippen molar-refractivity contribution in [2.75, 3.05) is 25.7 Å². The van der Waals surface area contributed by atoms with Crippen molar-refractivity contribution in [1.82, 2.24) is 4.31 Å². The average Bonchev–Trinajstić information content (AvgIpc) is 3.06. The molecule has 0 saturated carbocycles. The van der Waals surface area contributed by atoms with Gasteiger partial charge >= 0.3 is 5.97 Å². The van der Waals surface area contributed by atoms with Gasteiger partial charge in [0.2, 0.25) is 10.0 Å². The van der Waals surface area contributed by atoms with Crippen LogP contribution in [0.25, 0.3) is 0 Å². The highest BCUT2D eigenvalue weighted by Crippen LogP contribution is 2.32. The summed E-state index contributed by atoms with van der Waals surface area (Å²) in [6, 6.07) is 20.3. The molecule has 1 amide bonds. The number of benzene rings is 3. The van der Waals surface area contributed by atoms with Crippen molar-refractivity contribution < 1.29 is 27.5 Å². The number of amides is 1. The van der Waals surface area contributed by atoms with Crippen LogP contribution in [-0.4, -0.2) is 51.4 Å². The number of hydrogen-bond acceptors (Lipinski definition) is 6. The smallest absolute Gasteiger partial charge is 0.326 e. The predicted octanol–water partition coefficient (Wildman–Crippen LogP) is 3.09. The van der Waals surface area contributed by atoms with E-state index in [1.807, 2.05) is 0 Å². The van der Waals surface area contributed by atoms with E-state index < -0.39 is 22.0 Å².